The molecule has 10 nitrogen and oxygen atoms in total. The molecular weight excluding hydrogens is 470 g/mol. The van der Waals surface area contributed by atoms with Crippen LogP contribution in [0.3, 0.4) is 0 Å². The molecule has 1 aromatic carbocycles. The number of aromatic nitrogens is 2. The second-order valence-electron chi connectivity index (χ2n) is 9.75. The Hall–Kier alpha value is -3.27. The maximum Gasteiger partial charge on any atom is 0.362 e. The highest BCUT2D eigenvalue weighted by molar-refractivity contribution is 5.79. The van der Waals surface area contributed by atoms with Gasteiger partial charge in [0, 0.05) is 44.7 Å². The van der Waals surface area contributed by atoms with Gasteiger partial charge in [-0.15, -0.1) is 0 Å². The zero-order chi connectivity index (χ0) is 26.3. The number of urea groups is 2. The van der Waals surface area contributed by atoms with Crippen LogP contribution in [0.4, 0.5) is 9.59 Å². The fourth-order valence-corrected chi connectivity index (χ4v) is 4.30. The van der Waals surface area contributed by atoms with E-state index in [4.69, 9.17) is 4.74 Å². The van der Waals surface area contributed by atoms with Gasteiger partial charge in [0.05, 0.1) is 12.8 Å². The molecule has 2 aliphatic rings. The molecule has 2 aromatic rings. The maximum absolute atomic E-state index is 11.7. The van der Waals surface area contributed by atoms with Gasteiger partial charge in [-0.25, -0.2) is 14.7 Å². The van der Waals surface area contributed by atoms with E-state index in [1.807, 2.05) is 24.4 Å². The summed E-state index contributed by atoms with van der Waals surface area (Å²) in [5, 5.41) is 14.1. The third-order valence-electron chi connectivity index (χ3n) is 6.39. The number of carbonyl (C=O) groups excluding carboxylic acids is 2. The second kappa shape index (κ2) is 15.8. The fourth-order valence-electron chi connectivity index (χ4n) is 4.30. The predicted octanol–water partition coefficient (Wildman–Crippen LogP) is 4.98. The number of ether oxygens (including phenoxy) is 1. The fraction of sp³-hybridized carbons (Fsp3) is 0.593. The van der Waals surface area contributed by atoms with Crippen LogP contribution >= 0.6 is 0 Å². The van der Waals surface area contributed by atoms with E-state index in [9.17, 15) is 9.59 Å². The third-order valence-corrected chi connectivity index (χ3v) is 6.39. The zero-order valence-corrected chi connectivity index (χ0v) is 22.3. The number of amides is 4. The van der Waals surface area contributed by atoms with Crippen molar-refractivity contribution in [1.29, 1.82) is 0 Å². The number of hydrogen-bond donors (Lipinski definition) is 1. The van der Waals surface area contributed by atoms with E-state index in [2.05, 4.69) is 51.6 Å². The van der Waals surface area contributed by atoms with Gasteiger partial charge in [0.15, 0.2) is 0 Å². The average Bonchev–Trinajstić information content (AvgIpc) is 3.38. The highest BCUT2D eigenvalue weighted by atomic mass is 16.5. The summed E-state index contributed by atoms with van der Waals surface area (Å²) in [7, 11) is 4.13. The van der Waals surface area contributed by atoms with Gasteiger partial charge in [0.25, 0.3) is 0 Å². The lowest BCUT2D eigenvalue weighted by atomic mass is 10.1. The zero-order valence-electron chi connectivity index (χ0n) is 22.3. The van der Waals surface area contributed by atoms with E-state index in [1.54, 1.807) is 9.80 Å². The van der Waals surface area contributed by atoms with Crippen molar-refractivity contribution in [2.24, 2.45) is 10.2 Å². The molecule has 0 radical (unpaired) electrons. The van der Waals surface area contributed by atoms with Crippen molar-refractivity contribution in [1.82, 2.24) is 24.9 Å². The lowest BCUT2D eigenvalue weighted by molar-refractivity contribution is 0.187. The Bertz CT molecular complexity index is 933. The van der Waals surface area contributed by atoms with Crippen LogP contribution in [0.2, 0.25) is 0 Å². The van der Waals surface area contributed by atoms with Crippen molar-refractivity contribution in [2.45, 2.75) is 51.4 Å². The number of H-pyrrole nitrogens is 1. The molecule has 0 atom stereocenters. The average molecular weight is 512 g/mol. The van der Waals surface area contributed by atoms with Crippen LogP contribution in [0.5, 0.6) is 5.88 Å². The van der Waals surface area contributed by atoms with Gasteiger partial charge in [-0.05, 0) is 64.6 Å². The molecule has 0 saturated carbocycles. The summed E-state index contributed by atoms with van der Waals surface area (Å²) in [6.45, 7) is 4.67. The minimum absolute atomic E-state index is 0.375. The Morgan fingerprint density at radius 2 is 1.49 bits per heavy atom. The summed E-state index contributed by atoms with van der Waals surface area (Å²) >= 11 is 0. The Morgan fingerprint density at radius 3 is 2.03 bits per heavy atom. The molecule has 0 spiro atoms. The van der Waals surface area contributed by atoms with E-state index in [-0.39, 0.29) is 12.1 Å². The molecule has 2 fully saturated rings. The normalized spacial score (nSPS) is 16.0. The topological polar surface area (TPSA) is 106 Å². The molecule has 202 valence electrons. The summed E-state index contributed by atoms with van der Waals surface area (Å²) in [5.41, 5.74) is 2.37. The van der Waals surface area contributed by atoms with E-state index < -0.39 is 0 Å². The van der Waals surface area contributed by atoms with Crippen molar-refractivity contribution in [3.8, 4) is 5.88 Å². The van der Waals surface area contributed by atoms with Crippen LogP contribution < -0.4 is 4.74 Å². The number of piperidine rings is 2. The van der Waals surface area contributed by atoms with Crippen molar-refractivity contribution in [2.75, 3.05) is 53.4 Å². The molecule has 37 heavy (non-hydrogen) atoms. The maximum atomic E-state index is 11.7. The van der Waals surface area contributed by atoms with Crippen LogP contribution in [0.1, 0.15) is 56.1 Å². The van der Waals surface area contributed by atoms with E-state index in [0.29, 0.717) is 6.61 Å². The van der Waals surface area contributed by atoms with Crippen LogP contribution in [-0.2, 0) is 6.42 Å². The Morgan fingerprint density at radius 1 is 0.919 bits per heavy atom. The summed E-state index contributed by atoms with van der Waals surface area (Å²) < 4.78 is 5.76. The summed E-state index contributed by atoms with van der Waals surface area (Å²) in [5.74, 6) is 0.794. The monoisotopic (exact) mass is 511 g/mol. The van der Waals surface area contributed by atoms with Crippen molar-refractivity contribution in [3.05, 3.63) is 47.7 Å². The number of carbonyl (C=O) groups is 2. The number of hydrogen-bond acceptors (Lipinski definition) is 5. The number of rotatable bonds is 7. The first-order chi connectivity index (χ1) is 18.0. The Labute approximate surface area is 220 Å². The van der Waals surface area contributed by atoms with Crippen LogP contribution in [0.15, 0.2) is 46.8 Å². The number of nitrogens with zero attached hydrogens (tertiary/aromatic N) is 6. The van der Waals surface area contributed by atoms with Crippen LogP contribution in [-0.4, -0.2) is 90.4 Å². The van der Waals surface area contributed by atoms with E-state index in [0.717, 1.165) is 95.5 Å². The van der Waals surface area contributed by atoms with Gasteiger partial charge < -0.3 is 19.4 Å². The van der Waals surface area contributed by atoms with Crippen molar-refractivity contribution < 1.29 is 14.3 Å². The molecule has 0 aliphatic carbocycles. The largest absolute Gasteiger partial charge is 0.478 e. The first-order valence-corrected chi connectivity index (χ1v) is 13.4. The van der Waals surface area contributed by atoms with Crippen LogP contribution in [0.25, 0.3) is 0 Å². The number of aromatic amines is 1. The first kappa shape index (κ1) is 28.3. The molecule has 0 unspecified atom stereocenters. The number of likely N-dealkylation sites (tertiary alicyclic amines) is 2. The summed E-state index contributed by atoms with van der Waals surface area (Å²) in [4.78, 5) is 28.8. The standard InChI is InChI=1S/C15H21N3O.C12H20N4O2/c1-18(2)9-6-10-19-15-14(12-16-17-15)11-13-7-4-3-5-8-13;17-11(15-7-3-1-4-8-15)13-14-12(18)16-9-5-2-6-10-16/h3-5,7-8,12H,6,9-11H2,1-2H3,(H,16,17);1-10H2. The molecule has 4 amide bonds. The van der Waals surface area contributed by atoms with Gasteiger partial charge >= 0.3 is 12.1 Å². The van der Waals surface area contributed by atoms with Gasteiger partial charge in [0.2, 0.25) is 5.88 Å². The molecule has 2 saturated heterocycles. The minimum atomic E-state index is -0.375. The SMILES string of the molecule is CN(C)CCCOc1[nH]ncc1Cc1ccccc1.O=C(N=NC(=O)N1CCCCC1)N1CCCCC1. The van der Waals surface area contributed by atoms with Crippen molar-refractivity contribution >= 4 is 12.1 Å². The van der Waals surface area contributed by atoms with Crippen LogP contribution in [0, 0.1) is 0 Å². The van der Waals surface area contributed by atoms with E-state index >= 15 is 0 Å². The number of benzene rings is 1. The minimum Gasteiger partial charge on any atom is -0.478 e. The Kier molecular flexibility index (Phi) is 12.1. The lowest BCUT2D eigenvalue weighted by Crippen LogP contribution is -2.35. The highest BCUT2D eigenvalue weighted by Gasteiger charge is 2.19. The van der Waals surface area contributed by atoms with Gasteiger partial charge in [-0.2, -0.15) is 5.10 Å². The molecule has 3 heterocycles. The van der Waals surface area contributed by atoms with Gasteiger partial charge in [-0.1, -0.05) is 40.6 Å². The third kappa shape index (κ3) is 10.3. The lowest BCUT2D eigenvalue weighted by Gasteiger charge is -2.25. The molecule has 10 heteroatoms. The molecule has 1 N–H and O–H groups in total. The highest BCUT2D eigenvalue weighted by Crippen LogP contribution is 2.18. The first-order valence-electron chi connectivity index (χ1n) is 13.4. The molecule has 1 aromatic heterocycles. The molecule has 0 bridgehead atoms. The molecule has 2 aliphatic heterocycles. The summed E-state index contributed by atoms with van der Waals surface area (Å²) in [6.07, 6.45) is 10.1. The number of azo groups is 1. The van der Waals surface area contributed by atoms with Gasteiger partial charge in [0.1, 0.15) is 0 Å². The predicted molar refractivity (Wildman–Crippen MR) is 143 cm³/mol. The van der Waals surface area contributed by atoms with Gasteiger partial charge in [-0.3, -0.25) is 0 Å². The van der Waals surface area contributed by atoms with E-state index in [1.165, 1.54) is 5.56 Å². The Balaban J connectivity index is 0.000000206. The summed E-state index contributed by atoms with van der Waals surface area (Å²) in [6, 6.07) is 9.60. The van der Waals surface area contributed by atoms with Crippen molar-refractivity contribution in [3.63, 3.8) is 0 Å². The molecular formula is C27H41N7O3. The second-order valence-corrected chi connectivity index (χ2v) is 9.75. The molecule has 4 rings (SSSR count). The quantitative estimate of drug-likeness (QED) is 0.417. The smallest absolute Gasteiger partial charge is 0.362 e. The number of nitrogens with one attached hydrogen (secondary N) is 1.